The first-order valence-electron chi connectivity index (χ1n) is 4.96. The van der Waals surface area contributed by atoms with Gasteiger partial charge >= 0.3 is 21.2 Å². The Kier molecular flexibility index (Phi) is 6.52. The molecule has 4 nitrogen and oxygen atoms in total. The van der Waals surface area contributed by atoms with Gasteiger partial charge in [0.2, 0.25) is 0 Å². The second-order valence-electron chi connectivity index (χ2n) is 3.18. The minimum atomic E-state index is -4.89. The smallest absolute Gasteiger partial charge is 0.357 e. The molecule has 0 saturated heterocycles. The van der Waals surface area contributed by atoms with Gasteiger partial charge in [-0.1, -0.05) is 36.4 Å². The van der Waals surface area contributed by atoms with E-state index in [1.54, 1.807) is 0 Å². The first kappa shape index (κ1) is 15.3. The normalized spacial score (nSPS) is 10.4. The van der Waals surface area contributed by atoms with Gasteiger partial charge in [-0.05, 0) is 24.3 Å². The molecule has 2 aromatic rings. The van der Waals surface area contributed by atoms with Crippen molar-refractivity contribution in [3.63, 3.8) is 0 Å². The first-order chi connectivity index (χ1) is 8.45. The summed E-state index contributed by atoms with van der Waals surface area (Å²) in [6.45, 7) is 0. The Morgan fingerprint density at radius 3 is 1.39 bits per heavy atom. The molecule has 2 N–H and O–H groups in total. The van der Waals surface area contributed by atoms with Crippen molar-refractivity contribution in [3.05, 3.63) is 67.8 Å². The van der Waals surface area contributed by atoms with Crippen LogP contribution >= 0.6 is 7.82 Å². The van der Waals surface area contributed by atoms with Gasteiger partial charge in [-0.2, -0.15) is 0 Å². The third kappa shape index (κ3) is 8.38. The molecular weight excluding hydrogens is 366 g/mol. The van der Waals surface area contributed by atoms with Gasteiger partial charge in [-0.15, -0.1) is 0 Å². The Morgan fingerprint density at radius 1 is 0.833 bits per heavy atom. The van der Waals surface area contributed by atoms with Crippen LogP contribution in [-0.4, -0.2) is 9.79 Å². The molecule has 0 fully saturated rings. The van der Waals surface area contributed by atoms with Crippen LogP contribution in [0.25, 0.3) is 0 Å². The van der Waals surface area contributed by atoms with Crippen LogP contribution < -0.4 is 26.1 Å². The first-order valence-corrected chi connectivity index (χ1v) is 8.65. The molecule has 96 valence electrons. The van der Waals surface area contributed by atoms with Crippen molar-refractivity contribution in [2.24, 2.45) is 0 Å². The lowest BCUT2D eigenvalue weighted by atomic mass is 10.4. The van der Waals surface area contributed by atoms with E-state index in [1.807, 2.05) is 0 Å². The van der Waals surface area contributed by atoms with E-state index in [4.69, 9.17) is 19.2 Å². The van der Waals surface area contributed by atoms with Gasteiger partial charge in [0.25, 0.3) is 7.82 Å². The number of phosphoric acid groups is 1. The molecule has 0 spiro atoms. The quantitative estimate of drug-likeness (QED) is 0.480. The van der Waals surface area contributed by atoms with Crippen molar-refractivity contribution in [2.75, 3.05) is 0 Å². The van der Waals surface area contributed by atoms with E-state index in [9.17, 15) is 0 Å². The molecule has 0 unspecified atom stereocenters. The Hall–Kier alpha value is -0.720. The summed E-state index contributed by atoms with van der Waals surface area (Å²) in [5, 5.41) is 0. The topological polar surface area (TPSA) is 80.6 Å². The maximum atomic E-state index is 8.77. The summed E-state index contributed by atoms with van der Waals surface area (Å²) >= 11 is 0.0287. The van der Waals surface area contributed by atoms with Gasteiger partial charge in [0.05, 0.1) is 0 Å². The summed E-state index contributed by atoms with van der Waals surface area (Å²) < 4.78 is 11.7. The molecule has 6 heteroatoms. The van der Waals surface area contributed by atoms with Crippen LogP contribution in [0.1, 0.15) is 0 Å². The Bertz CT molecular complexity index is 452. The molecule has 0 aliphatic heterocycles. The fraction of sp³-hybridized carbons (Fsp3) is 0. The lowest BCUT2D eigenvalue weighted by molar-refractivity contribution is -0.597. The van der Waals surface area contributed by atoms with Crippen LogP contribution in [0.15, 0.2) is 60.7 Å². The highest BCUT2D eigenvalue weighted by atomic mass is 127. The fourth-order valence-electron chi connectivity index (χ4n) is 1.08. The predicted molar refractivity (Wildman–Crippen MR) is 62.3 cm³/mol. The number of hydrogen-bond donors (Lipinski definition) is 2. The van der Waals surface area contributed by atoms with Crippen molar-refractivity contribution in [2.45, 2.75) is 0 Å². The third-order valence-corrected chi connectivity index (χ3v) is 4.37. The molecule has 18 heavy (non-hydrogen) atoms. The summed E-state index contributed by atoms with van der Waals surface area (Å²) in [6.07, 6.45) is 0. The van der Waals surface area contributed by atoms with Crippen LogP contribution in [0.3, 0.4) is 0 Å². The molecule has 0 radical (unpaired) electrons. The van der Waals surface area contributed by atoms with E-state index >= 15 is 0 Å². The van der Waals surface area contributed by atoms with E-state index in [2.05, 4.69) is 60.7 Å². The summed E-state index contributed by atoms with van der Waals surface area (Å²) in [5.41, 5.74) is 0. The van der Waals surface area contributed by atoms with Crippen LogP contribution in [0.4, 0.5) is 0 Å². The van der Waals surface area contributed by atoms with Gasteiger partial charge in [-0.25, -0.2) is 0 Å². The Labute approximate surface area is 116 Å². The zero-order chi connectivity index (χ0) is 13.4. The molecule has 2 aromatic carbocycles. The number of hydrogen-bond acceptors (Lipinski definition) is 2. The molecule has 0 aromatic heterocycles. The van der Waals surface area contributed by atoms with E-state index in [0.29, 0.717) is 0 Å². The van der Waals surface area contributed by atoms with Gasteiger partial charge in [0.15, 0.2) is 7.14 Å². The molecule has 2 rings (SSSR count). The molecule has 0 heterocycles. The van der Waals surface area contributed by atoms with Crippen molar-refractivity contribution >= 4 is 7.82 Å². The van der Waals surface area contributed by atoms with Crippen molar-refractivity contribution < 1.29 is 40.5 Å². The van der Waals surface area contributed by atoms with Crippen LogP contribution in [0.2, 0.25) is 0 Å². The zero-order valence-corrected chi connectivity index (χ0v) is 12.4. The van der Waals surface area contributed by atoms with Crippen molar-refractivity contribution in [1.82, 2.24) is 0 Å². The third-order valence-electron chi connectivity index (χ3n) is 1.68. The fourth-order valence-corrected chi connectivity index (χ4v) is 3.35. The number of rotatable bonds is 2. The minimum absolute atomic E-state index is 0.0287. The lowest BCUT2D eigenvalue weighted by Crippen LogP contribution is -3.61. The molecule has 0 aliphatic rings. The van der Waals surface area contributed by atoms with E-state index < -0.39 is 7.82 Å². The summed E-state index contributed by atoms with van der Waals surface area (Å²) in [7, 11) is -4.89. The van der Waals surface area contributed by atoms with Crippen LogP contribution in [0, 0.1) is 7.14 Å². The zero-order valence-electron chi connectivity index (χ0n) is 9.31. The standard InChI is InChI=1S/C12H10I.H3O4P/c1-3-7-11(8-4-1)13-12-9-5-2-6-10-12;1-5(2,3)4/h1-10H;(H3,1,2,3,4)/q+1;/p-1. The van der Waals surface area contributed by atoms with E-state index in [1.165, 1.54) is 7.14 Å². The lowest BCUT2D eigenvalue weighted by Gasteiger charge is -2.01. The number of benzene rings is 2. The highest BCUT2D eigenvalue weighted by Gasteiger charge is 2.12. The second kappa shape index (κ2) is 7.66. The molecule has 0 amide bonds. The van der Waals surface area contributed by atoms with E-state index in [0.717, 1.165) is 0 Å². The molecular formula is C12H12IO4P. The number of halogens is 1. The average Bonchev–Trinajstić information content (AvgIpc) is 2.29. The largest absolute Gasteiger partial charge is 0.756 e. The van der Waals surface area contributed by atoms with Gasteiger partial charge < -0.3 is 14.7 Å². The van der Waals surface area contributed by atoms with Crippen molar-refractivity contribution in [1.29, 1.82) is 0 Å². The van der Waals surface area contributed by atoms with Gasteiger partial charge in [0.1, 0.15) is 0 Å². The maximum absolute atomic E-state index is 8.77. The maximum Gasteiger partial charge on any atom is 0.357 e. The molecule has 0 aliphatic carbocycles. The van der Waals surface area contributed by atoms with Gasteiger partial charge in [-0.3, -0.25) is 4.57 Å². The summed E-state index contributed by atoms with van der Waals surface area (Å²) in [5.74, 6) is 0. The van der Waals surface area contributed by atoms with E-state index in [-0.39, 0.29) is 21.2 Å². The second-order valence-corrected chi connectivity index (χ2v) is 7.19. The molecule has 0 atom stereocenters. The predicted octanol–water partition coefficient (Wildman–Crippen LogP) is -1.75. The molecule has 0 bridgehead atoms. The monoisotopic (exact) mass is 378 g/mol. The SMILES string of the molecule is O=P([O-])(O)O.c1ccc([I+]c2ccccc2)cc1. The van der Waals surface area contributed by atoms with Crippen LogP contribution in [-0.2, 0) is 4.57 Å². The minimum Gasteiger partial charge on any atom is -0.756 e. The Balaban J connectivity index is 0.000000280. The highest BCUT2D eigenvalue weighted by molar-refractivity contribution is 7.43. The average molecular weight is 378 g/mol. The molecule has 0 saturated carbocycles. The Morgan fingerprint density at radius 2 is 1.11 bits per heavy atom. The summed E-state index contributed by atoms with van der Waals surface area (Å²) in [6, 6.07) is 21.4. The summed E-state index contributed by atoms with van der Waals surface area (Å²) in [4.78, 5) is 22.9. The van der Waals surface area contributed by atoms with Crippen molar-refractivity contribution in [3.8, 4) is 0 Å². The van der Waals surface area contributed by atoms with Gasteiger partial charge in [0, 0.05) is 0 Å². The highest BCUT2D eigenvalue weighted by Crippen LogP contribution is 2.18. The van der Waals surface area contributed by atoms with Crippen LogP contribution in [0.5, 0.6) is 0 Å².